The molecule has 2 atom stereocenters. The van der Waals surface area contributed by atoms with Crippen molar-refractivity contribution in [2.24, 2.45) is 5.73 Å². The molecule has 0 aliphatic carbocycles. The van der Waals surface area contributed by atoms with Gasteiger partial charge >= 0.3 is 5.97 Å². The molecular formula is C13H20N6O5S. The molecule has 11 nitrogen and oxygen atoms in total. The highest BCUT2D eigenvalue weighted by molar-refractivity contribution is 7.80. The molecule has 2 unspecified atom stereocenters. The SMILES string of the molecule is NCC(=O)NCC(=O)NC(CS)C(=O)NC(Cc1cnc[nH]1)C(=O)O. The molecular weight excluding hydrogens is 352 g/mol. The monoisotopic (exact) mass is 372 g/mol. The minimum Gasteiger partial charge on any atom is -0.480 e. The summed E-state index contributed by atoms with van der Waals surface area (Å²) in [7, 11) is 0. The molecule has 25 heavy (non-hydrogen) atoms. The lowest BCUT2D eigenvalue weighted by atomic mass is 10.1. The number of thiol groups is 1. The fourth-order valence-electron chi connectivity index (χ4n) is 1.78. The van der Waals surface area contributed by atoms with Crippen LogP contribution in [0.1, 0.15) is 5.69 Å². The number of carbonyl (C=O) groups excluding carboxylic acids is 3. The summed E-state index contributed by atoms with van der Waals surface area (Å²) in [6.07, 6.45) is 2.84. The number of carbonyl (C=O) groups is 4. The fraction of sp³-hybridized carbons (Fsp3) is 0.462. The summed E-state index contributed by atoms with van der Waals surface area (Å²) in [4.78, 5) is 52.7. The van der Waals surface area contributed by atoms with Gasteiger partial charge in [0, 0.05) is 24.1 Å². The number of amides is 3. The van der Waals surface area contributed by atoms with Crippen molar-refractivity contribution in [2.75, 3.05) is 18.8 Å². The first-order valence-corrected chi connectivity index (χ1v) is 7.88. The van der Waals surface area contributed by atoms with E-state index in [9.17, 15) is 24.3 Å². The molecule has 1 aromatic rings. The summed E-state index contributed by atoms with van der Waals surface area (Å²) in [6.45, 7) is -0.623. The molecule has 0 radical (unpaired) electrons. The summed E-state index contributed by atoms with van der Waals surface area (Å²) < 4.78 is 0. The van der Waals surface area contributed by atoms with E-state index in [1.54, 1.807) is 0 Å². The second kappa shape index (κ2) is 10.3. The zero-order chi connectivity index (χ0) is 18.8. The van der Waals surface area contributed by atoms with E-state index in [-0.39, 0.29) is 25.3 Å². The molecule has 0 aliphatic heterocycles. The third kappa shape index (κ3) is 7.22. The Kier molecular flexibility index (Phi) is 8.43. The van der Waals surface area contributed by atoms with Crippen LogP contribution in [-0.4, -0.2) is 69.7 Å². The van der Waals surface area contributed by atoms with Gasteiger partial charge in [-0.15, -0.1) is 0 Å². The van der Waals surface area contributed by atoms with Gasteiger partial charge in [-0.05, 0) is 0 Å². The molecule has 0 saturated carbocycles. The number of nitrogens with one attached hydrogen (secondary N) is 4. The van der Waals surface area contributed by atoms with Crippen LogP contribution in [0.3, 0.4) is 0 Å². The largest absolute Gasteiger partial charge is 0.480 e. The van der Waals surface area contributed by atoms with Gasteiger partial charge in [-0.3, -0.25) is 14.4 Å². The summed E-state index contributed by atoms with van der Waals surface area (Å²) in [6, 6.07) is -2.27. The Morgan fingerprint density at radius 1 is 1.24 bits per heavy atom. The van der Waals surface area contributed by atoms with Crippen LogP contribution in [0.4, 0.5) is 0 Å². The predicted octanol–water partition coefficient (Wildman–Crippen LogP) is -2.99. The van der Waals surface area contributed by atoms with Gasteiger partial charge in [-0.2, -0.15) is 12.6 Å². The number of aromatic nitrogens is 2. The van der Waals surface area contributed by atoms with E-state index in [1.807, 2.05) is 0 Å². The zero-order valence-corrected chi connectivity index (χ0v) is 14.1. The van der Waals surface area contributed by atoms with E-state index >= 15 is 0 Å². The number of H-pyrrole nitrogens is 1. The van der Waals surface area contributed by atoms with Gasteiger partial charge in [-0.25, -0.2) is 9.78 Å². The van der Waals surface area contributed by atoms with Gasteiger partial charge in [0.2, 0.25) is 17.7 Å². The van der Waals surface area contributed by atoms with Crippen molar-refractivity contribution in [2.45, 2.75) is 18.5 Å². The van der Waals surface area contributed by atoms with Crippen LogP contribution >= 0.6 is 12.6 Å². The summed E-state index contributed by atoms with van der Waals surface area (Å²) in [5.41, 5.74) is 5.62. The maximum absolute atomic E-state index is 12.2. The standard InChI is InChI=1S/C13H20N6O5S/c14-2-10(20)16-4-11(21)18-9(5-25)12(22)19-8(13(23)24)1-7-3-15-6-17-7/h3,6,8-9,25H,1-2,4-5,14H2,(H,15,17)(H,16,20)(H,18,21)(H,19,22)(H,23,24). The van der Waals surface area contributed by atoms with E-state index in [0.717, 1.165) is 0 Å². The Balaban J connectivity index is 2.59. The molecule has 0 spiro atoms. The maximum Gasteiger partial charge on any atom is 0.326 e. The smallest absolute Gasteiger partial charge is 0.326 e. The third-order valence-corrected chi connectivity index (χ3v) is 3.42. The molecule has 0 aromatic carbocycles. The lowest BCUT2D eigenvalue weighted by molar-refractivity contribution is -0.142. The van der Waals surface area contributed by atoms with Crippen molar-refractivity contribution < 1.29 is 24.3 Å². The van der Waals surface area contributed by atoms with E-state index in [1.165, 1.54) is 12.5 Å². The molecule has 0 aliphatic rings. The Morgan fingerprint density at radius 3 is 2.48 bits per heavy atom. The molecule has 0 fully saturated rings. The first-order chi connectivity index (χ1) is 11.9. The van der Waals surface area contributed by atoms with Crippen LogP contribution in [0.2, 0.25) is 0 Å². The van der Waals surface area contributed by atoms with Crippen LogP contribution in [0, 0.1) is 0 Å². The zero-order valence-electron chi connectivity index (χ0n) is 13.2. The fourth-order valence-corrected chi connectivity index (χ4v) is 2.04. The van der Waals surface area contributed by atoms with Crippen LogP contribution in [0.25, 0.3) is 0 Å². The van der Waals surface area contributed by atoms with Gasteiger partial charge in [0.1, 0.15) is 12.1 Å². The molecule has 1 aromatic heterocycles. The van der Waals surface area contributed by atoms with Crippen molar-refractivity contribution >= 4 is 36.3 Å². The minimum atomic E-state index is -1.23. The van der Waals surface area contributed by atoms with Gasteiger partial charge < -0.3 is 31.8 Å². The Hall–Kier alpha value is -2.60. The van der Waals surface area contributed by atoms with Crippen molar-refractivity contribution in [3.05, 3.63) is 18.2 Å². The van der Waals surface area contributed by atoms with Gasteiger partial charge in [0.15, 0.2) is 0 Å². The van der Waals surface area contributed by atoms with Gasteiger partial charge in [0.05, 0.1) is 19.4 Å². The Labute approximate surface area is 148 Å². The quantitative estimate of drug-likeness (QED) is 0.214. The summed E-state index contributed by atoms with van der Waals surface area (Å²) in [5.74, 6) is -3.15. The number of imidazole rings is 1. The van der Waals surface area contributed by atoms with Crippen molar-refractivity contribution in [1.82, 2.24) is 25.9 Å². The van der Waals surface area contributed by atoms with E-state index < -0.39 is 35.8 Å². The van der Waals surface area contributed by atoms with E-state index in [0.29, 0.717) is 5.69 Å². The topological polar surface area (TPSA) is 179 Å². The molecule has 1 rings (SSSR count). The lowest BCUT2D eigenvalue weighted by Crippen LogP contribution is -2.54. The van der Waals surface area contributed by atoms with Gasteiger partial charge in [-0.1, -0.05) is 0 Å². The van der Waals surface area contributed by atoms with Crippen molar-refractivity contribution in [3.8, 4) is 0 Å². The Morgan fingerprint density at radius 2 is 1.96 bits per heavy atom. The number of nitrogens with two attached hydrogens (primary N) is 1. The lowest BCUT2D eigenvalue weighted by Gasteiger charge is -2.20. The predicted molar refractivity (Wildman–Crippen MR) is 89.7 cm³/mol. The highest BCUT2D eigenvalue weighted by Crippen LogP contribution is 2.00. The molecule has 12 heteroatoms. The molecule has 1 heterocycles. The molecule has 0 saturated heterocycles. The van der Waals surface area contributed by atoms with Gasteiger partial charge in [0.25, 0.3) is 0 Å². The van der Waals surface area contributed by atoms with Crippen LogP contribution < -0.4 is 21.7 Å². The highest BCUT2D eigenvalue weighted by atomic mass is 32.1. The molecule has 0 bridgehead atoms. The third-order valence-electron chi connectivity index (χ3n) is 3.06. The number of carboxylic acids is 1. The maximum atomic E-state index is 12.2. The summed E-state index contributed by atoms with van der Waals surface area (Å²) in [5, 5.41) is 16.1. The minimum absolute atomic E-state index is 0.000862. The normalized spacial score (nSPS) is 12.7. The number of rotatable bonds is 10. The first kappa shape index (κ1) is 20.4. The number of nitrogens with zero attached hydrogens (tertiary/aromatic N) is 1. The van der Waals surface area contributed by atoms with Crippen LogP contribution in [0.15, 0.2) is 12.5 Å². The number of hydrogen-bond acceptors (Lipinski definition) is 7. The molecule has 3 amide bonds. The molecule has 7 N–H and O–H groups in total. The first-order valence-electron chi connectivity index (χ1n) is 7.24. The highest BCUT2D eigenvalue weighted by Gasteiger charge is 2.26. The van der Waals surface area contributed by atoms with Crippen molar-refractivity contribution in [3.63, 3.8) is 0 Å². The Bertz CT molecular complexity index is 608. The average Bonchev–Trinajstić information content (AvgIpc) is 3.09. The average molecular weight is 372 g/mol. The van der Waals surface area contributed by atoms with E-state index in [2.05, 4.69) is 38.5 Å². The second-order valence-corrected chi connectivity index (χ2v) is 5.33. The summed E-state index contributed by atoms with van der Waals surface area (Å²) >= 11 is 3.97. The van der Waals surface area contributed by atoms with E-state index in [4.69, 9.17) is 5.73 Å². The number of aliphatic carboxylic acids is 1. The number of carboxylic acid groups (broad SMARTS) is 1. The molecule has 138 valence electrons. The van der Waals surface area contributed by atoms with Crippen LogP contribution in [0.5, 0.6) is 0 Å². The van der Waals surface area contributed by atoms with Crippen LogP contribution in [-0.2, 0) is 25.6 Å². The number of hydrogen-bond donors (Lipinski definition) is 7. The second-order valence-electron chi connectivity index (χ2n) is 4.96. The number of aromatic amines is 1. The van der Waals surface area contributed by atoms with Crippen molar-refractivity contribution in [1.29, 1.82) is 0 Å².